The average molecular weight is 346 g/mol. The van der Waals surface area contributed by atoms with Gasteiger partial charge in [-0.1, -0.05) is 5.09 Å². The number of nitrogens with one attached hydrogen (secondary N) is 1. The minimum Gasteiger partial charge on any atom is -0.462 e. The summed E-state index contributed by atoms with van der Waals surface area (Å²) in [5, 5.41) is 1.88. The van der Waals surface area contributed by atoms with Gasteiger partial charge in [-0.15, -0.1) is 0 Å². The van der Waals surface area contributed by atoms with Crippen molar-refractivity contribution in [1.82, 2.24) is 5.09 Å². The minimum atomic E-state index is -3.12. The molecule has 0 spiro atoms. The molecule has 0 radical (unpaired) electrons. The third kappa shape index (κ3) is 4.35. The van der Waals surface area contributed by atoms with Gasteiger partial charge in [0.25, 0.3) is 5.75 Å². The van der Waals surface area contributed by atoms with Crippen LogP contribution in [0, 0.1) is 29.1 Å². The van der Waals surface area contributed by atoms with Crippen LogP contribution >= 0.6 is 8.18 Å². The molecule has 1 rings (SSSR count). The number of rotatable bonds is 6. The second kappa shape index (κ2) is 7.46. The summed E-state index contributed by atoms with van der Waals surface area (Å²) < 4.78 is 85.2. The molecule has 11 heteroatoms. The Morgan fingerprint density at radius 1 is 1.05 bits per heavy atom. The molecule has 0 aliphatic rings. The number of carbonyl (C=O) groups is 1. The summed E-state index contributed by atoms with van der Waals surface area (Å²) in [6.07, 6.45) is -0.455. The molecular formula is C11H10F5NO4P+. The average Bonchev–Trinajstić information content (AvgIpc) is 2.45. The molecule has 0 aliphatic heterocycles. The summed E-state index contributed by atoms with van der Waals surface area (Å²) in [7, 11) is -3.12. The van der Waals surface area contributed by atoms with E-state index in [1.807, 2.05) is 5.09 Å². The molecule has 0 fully saturated rings. The molecule has 5 nitrogen and oxygen atoms in total. The Hall–Kier alpha value is -1.80. The van der Waals surface area contributed by atoms with Gasteiger partial charge in [0.05, 0.1) is 6.10 Å². The van der Waals surface area contributed by atoms with Crippen molar-refractivity contribution in [2.45, 2.75) is 20.0 Å². The minimum absolute atomic E-state index is 0.455. The van der Waals surface area contributed by atoms with E-state index in [1.54, 1.807) is 13.8 Å². The van der Waals surface area contributed by atoms with Crippen molar-refractivity contribution in [3.63, 3.8) is 0 Å². The SMILES string of the molecule is CC(C)OC(=O)CN[P+](=O)Oc1c(F)c(F)c(F)c(F)c1F. The first-order chi connectivity index (χ1) is 10.1. The monoisotopic (exact) mass is 346 g/mol. The van der Waals surface area contributed by atoms with Crippen molar-refractivity contribution in [3.05, 3.63) is 29.1 Å². The van der Waals surface area contributed by atoms with Crippen LogP contribution in [0.5, 0.6) is 5.75 Å². The molecule has 0 heterocycles. The second-order valence-corrected chi connectivity index (χ2v) is 5.13. The molecule has 0 bridgehead atoms. The maximum Gasteiger partial charge on any atom is 0.664 e. The number of hydrogen-bond acceptors (Lipinski definition) is 4. The van der Waals surface area contributed by atoms with Crippen LogP contribution in [0.15, 0.2) is 0 Å². The quantitative estimate of drug-likeness (QED) is 0.282. The topological polar surface area (TPSA) is 64.6 Å². The summed E-state index contributed by atoms with van der Waals surface area (Å²) in [6.45, 7) is 2.44. The van der Waals surface area contributed by atoms with Crippen molar-refractivity contribution in [2.24, 2.45) is 0 Å². The predicted octanol–water partition coefficient (Wildman–Crippen LogP) is 2.96. The summed E-state index contributed by atoms with van der Waals surface area (Å²) in [4.78, 5) is 11.1. The lowest BCUT2D eigenvalue weighted by molar-refractivity contribution is -0.145. The number of benzene rings is 1. The second-order valence-electron chi connectivity index (χ2n) is 4.12. The molecule has 1 aromatic rings. The van der Waals surface area contributed by atoms with Crippen LogP contribution in [0.1, 0.15) is 13.8 Å². The van der Waals surface area contributed by atoms with E-state index in [2.05, 4.69) is 9.26 Å². The van der Waals surface area contributed by atoms with E-state index < -0.39 is 61.6 Å². The molecule has 0 saturated heterocycles. The van der Waals surface area contributed by atoms with Crippen LogP contribution in [0.3, 0.4) is 0 Å². The van der Waals surface area contributed by atoms with Gasteiger partial charge in [-0.3, -0.25) is 4.79 Å². The van der Waals surface area contributed by atoms with Gasteiger partial charge in [-0.25, -0.2) is 17.7 Å². The fourth-order valence-electron chi connectivity index (χ4n) is 1.21. The standard InChI is InChI=1S/C11H10F5NO4P/c1-4(2)20-5(18)3-17-22(19)21-11-9(15)7(13)6(12)8(14)10(11)16/h4H,3H2,1-2H3,(H,17,19)/q+1. The molecule has 0 aromatic heterocycles. The molecule has 22 heavy (non-hydrogen) atoms. The highest BCUT2D eigenvalue weighted by atomic mass is 31.1. The molecule has 122 valence electrons. The maximum absolute atomic E-state index is 13.2. The third-order valence-electron chi connectivity index (χ3n) is 2.06. The zero-order valence-electron chi connectivity index (χ0n) is 11.3. The number of hydrogen-bond donors (Lipinski definition) is 1. The van der Waals surface area contributed by atoms with Crippen molar-refractivity contribution in [3.8, 4) is 5.75 Å². The summed E-state index contributed by atoms with van der Waals surface area (Å²) in [5.74, 6) is -13.9. The van der Waals surface area contributed by atoms with Crippen LogP contribution in [-0.4, -0.2) is 18.6 Å². The van der Waals surface area contributed by atoms with Gasteiger partial charge in [0.15, 0.2) is 0 Å². The van der Waals surface area contributed by atoms with Gasteiger partial charge in [0, 0.05) is 4.57 Å². The summed E-state index contributed by atoms with van der Waals surface area (Å²) in [6, 6.07) is 0. The third-order valence-corrected chi connectivity index (χ3v) is 2.83. The Balaban J connectivity index is 2.79. The largest absolute Gasteiger partial charge is 0.664 e. The molecule has 0 saturated carbocycles. The molecule has 0 aliphatic carbocycles. The van der Waals surface area contributed by atoms with Gasteiger partial charge >= 0.3 is 14.1 Å². The molecule has 0 amide bonds. The van der Waals surface area contributed by atoms with E-state index in [-0.39, 0.29) is 0 Å². The van der Waals surface area contributed by atoms with Crippen molar-refractivity contribution in [1.29, 1.82) is 0 Å². The van der Waals surface area contributed by atoms with E-state index in [0.717, 1.165) is 0 Å². The van der Waals surface area contributed by atoms with Crippen molar-refractivity contribution in [2.75, 3.05) is 6.54 Å². The van der Waals surface area contributed by atoms with Crippen molar-refractivity contribution >= 4 is 14.1 Å². The van der Waals surface area contributed by atoms with Gasteiger partial charge < -0.3 is 4.74 Å². The molecule has 1 N–H and O–H groups in total. The van der Waals surface area contributed by atoms with Crippen LogP contribution in [-0.2, 0) is 14.1 Å². The Morgan fingerprint density at radius 2 is 1.50 bits per heavy atom. The highest BCUT2D eigenvalue weighted by Gasteiger charge is 2.33. The molecule has 1 aromatic carbocycles. The van der Waals surface area contributed by atoms with Gasteiger partial charge in [0.1, 0.15) is 6.54 Å². The molecule has 1 atom stereocenters. The van der Waals surface area contributed by atoms with Crippen LogP contribution in [0.25, 0.3) is 0 Å². The summed E-state index contributed by atoms with van der Waals surface area (Å²) in [5.41, 5.74) is 0. The fraction of sp³-hybridized carbons (Fsp3) is 0.364. The van der Waals surface area contributed by atoms with E-state index in [0.29, 0.717) is 0 Å². The molecule has 1 unspecified atom stereocenters. The normalized spacial score (nSPS) is 11.5. The van der Waals surface area contributed by atoms with Crippen LogP contribution in [0.4, 0.5) is 22.0 Å². The van der Waals surface area contributed by atoms with E-state index in [1.165, 1.54) is 0 Å². The Morgan fingerprint density at radius 3 is 1.95 bits per heavy atom. The van der Waals surface area contributed by atoms with Crippen molar-refractivity contribution < 1.29 is 40.6 Å². The first-order valence-electron chi connectivity index (χ1n) is 5.74. The first-order valence-corrected chi connectivity index (χ1v) is 6.92. The predicted molar refractivity (Wildman–Crippen MR) is 63.7 cm³/mol. The fourth-order valence-corrected chi connectivity index (χ4v) is 1.86. The number of esters is 1. The zero-order chi connectivity index (χ0) is 17.0. The van der Waals surface area contributed by atoms with E-state index >= 15 is 0 Å². The number of carbonyl (C=O) groups excluding carboxylic acids is 1. The lowest BCUT2D eigenvalue weighted by Crippen LogP contribution is -2.23. The van der Waals surface area contributed by atoms with E-state index in [9.17, 15) is 31.3 Å². The highest BCUT2D eigenvalue weighted by Crippen LogP contribution is 2.33. The summed E-state index contributed by atoms with van der Waals surface area (Å²) >= 11 is 0. The molecular weight excluding hydrogens is 336 g/mol. The Kier molecular flexibility index (Phi) is 6.19. The van der Waals surface area contributed by atoms with E-state index in [4.69, 9.17) is 0 Å². The Labute approximate surface area is 122 Å². The number of halogens is 5. The number of ether oxygens (including phenoxy) is 1. The first kappa shape index (κ1) is 18.2. The maximum atomic E-state index is 13.2. The Bertz CT molecular complexity index is 582. The highest BCUT2D eigenvalue weighted by molar-refractivity contribution is 7.37. The lowest BCUT2D eigenvalue weighted by atomic mass is 10.3. The van der Waals surface area contributed by atoms with Gasteiger partial charge in [0.2, 0.25) is 29.1 Å². The van der Waals surface area contributed by atoms with Crippen LogP contribution < -0.4 is 9.61 Å². The lowest BCUT2D eigenvalue weighted by Gasteiger charge is -2.05. The zero-order valence-corrected chi connectivity index (χ0v) is 12.1. The van der Waals surface area contributed by atoms with Crippen LogP contribution in [0.2, 0.25) is 0 Å². The van der Waals surface area contributed by atoms with Gasteiger partial charge in [-0.05, 0) is 13.8 Å². The van der Waals surface area contributed by atoms with Gasteiger partial charge in [-0.2, -0.15) is 8.78 Å². The smallest absolute Gasteiger partial charge is 0.462 e.